The molecule has 0 aliphatic heterocycles. The lowest BCUT2D eigenvalue weighted by Crippen LogP contribution is -2.08. The summed E-state index contributed by atoms with van der Waals surface area (Å²) in [5.74, 6) is 1.84. The van der Waals surface area contributed by atoms with Gasteiger partial charge in [0.2, 0.25) is 0 Å². The zero-order valence-electron chi connectivity index (χ0n) is 10.4. The average molecular weight is 239 g/mol. The molecule has 0 saturated heterocycles. The molecule has 0 fully saturated rings. The molecule has 0 bridgehead atoms. The first-order chi connectivity index (χ1) is 7.65. The smallest absolute Gasteiger partial charge is 0.138 e. The normalized spacial score (nSPS) is 12.8. The van der Waals surface area contributed by atoms with E-state index in [4.69, 9.17) is 5.73 Å². The zero-order valence-corrected chi connectivity index (χ0v) is 11.2. The van der Waals surface area contributed by atoms with E-state index in [-0.39, 0.29) is 0 Å². The van der Waals surface area contributed by atoms with Crippen LogP contribution in [0, 0.1) is 6.92 Å². The molecule has 0 saturated carbocycles. The monoisotopic (exact) mass is 239 g/mol. The predicted octanol–water partition coefficient (Wildman–Crippen LogP) is 2.32. The fourth-order valence-electron chi connectivity index (χ4n) is 1.38. The van der Waals surface area contributed by atoms with Gasteiger partial charge in [-0.3, -0.25) is 0 Å². The van der Waals surface area contributed by atoms with Crippen molar-refractivity contribution in [1.29, 1.82) is 0 Å². The van der Waals surface area contributed by atoms with Crippen LogP contribution in [0.25, 0.3) is 0 Å². The molecule has 1 aromatic heterocycles. The molecule has 0 radical (unpaired) electrons. The molecular formula is C12H21N3S. The Kier molecular flexibility index (Phi) is 5.77. The summed E-state index contributed by atoms with van der Waals surface area (Å²) in [6, 6.07) is 2.02. The van der Waals surface area contributed by atoms with E-state index >= 15 is 0 Å². The Hall–Kier alpha value is -0.610. The molecule has 90 valence electrons. The summed E-state index contributed by atoms with van der Waals surface area (Å²) in [7, 11) is 0. The summed E-state index contributed by atoms with van der Waals surface area (Å²) in [6.45, 7) is 7.10. The van der Waals surface area contributed by atoms with E-state index in [2.05, 4.69) is 23.8 Å². The molecule has 0 aliphatic rings. The van der Waals surface area contributed by atoms with Crippen LogP contribution in [-0.4, -0.2) is 21.8 Å². The quantitative estimate of drug-likeness (QED) is 0.827. The van der Waals surface area contributed by atoms with E-state index in [0.717, 1.165) is 29.4 Å². The lowest BCUT2D eigenvalue weighted by Gasteiger charge is -2.08. The standard InChI is InChI=1S/C12H21N3S/c1-4-10(3)16-8-12-14-9(2)7-11(15-12)5-6-13/h7,10H,4-6,8,13H2,1-3H3. The Morgan fingerprint density at radius 1 is 1.44 bits per heavy atom. The van der Waals surface area contributed by atoms with Gasteiger partial charge in [0.25, 0.3) is 0 Å². The zero-order chi connectivity index (χ0) is 12.0. The van der Waals surface area contributed by atoms with Crippen molar-refractivity contribution in [3.8, 4) is 0 Å². The summed E-state index contributed by atoms with van der Waals surface area (Å²) >= 11 is 1.91. The summed E-state index contributed by atoms with van der Waals surface area (Å²) in [5.41, 5.74) is 7.64. The number of aromatic nitrogens is 2. The molecule has 16 heavy (non-hydrogen) atoms. The van der Waals surface area contributed by atoms with Crippen molar-refractivity contribution < 1.29 is 0 Å². The highest BCUT2D eigenvalue weighted by Crippen LogP contribution is 2.18. The number of hydrogen-bond acceptors (Lipinski definition) is 4. The molecule has 1 atom stereocenters. The van der Waals surface area contributed by atoms with Crippen LogP contribution in [0.5, 0.6) is 0 Å². The topological polar surface area (TPSA) is 51.8 Å². The van der Waals surface area contributed by atoms with Crippen molar-refractivity contribution in [3.63, 3.8) is 0 Å². The van der Waals surface area contributed by atoms with Gasteiger partial charge < -0.3 is 5.73 Å². The van der Waals surface area contributed by atoms with E-state index in [0.29, 0.717) is 11.8 Å². The Morgan fingerprint density at radius 3 is 2.81 bits per heavy atom. The minimum absolute atomic E-state index is 0.647. The maximum Gasteiger partial charge on any atom is 0.138 e. The second-order valence-electron chi connectivity index (χ2n) is 3.99. The minimum atomic E-state index is 0.647. The predicted molar refractivity (Wildman–Crippen MR) is 70.6 cm³/mol. The van der Waals surface area contributed by atoms with E-state index in [9.17, 15) is 0 Å². The van der Waals surface area contributed by atoms with E-state index < -0.39 is 0 Å². The summed E-state index contributed by atoms with van der Waals surface area (Å²) in [5, 5.41) is 0.669. The molecule has 1 heterocycles. The number of aryl methyl sites for hydroxylation is 1. The molecule has 0 spiro atoms. The third-order valence-electron chi connectivity index (χ3n) is 2.43. The highest BCUT2D eigenvalue weighted by molar-refractivity contribution is 7.99. The Labute approximate surface area is 102 Å². The van der Waals surface area contributed by atoms with Gasteiger partial charge in [0, 0.05) is 23.1 Å². The molecule has 3 nitrogen and oxygen atoms in total. The summed E-state index contributed by atoms with van der Waals surface area (Å²) in [6.07, 6.45) is 2.02. The summed E-state index contributed by atoms with van der Waals surface area (Å²) < 4.78 is 0. The largest absolute Gasteiger partial charge is 0.330 e. The van der Waals surface area contributed by atoms with Crippen LogP contribution < -0.4 is 5.73 Å². The van der Waals surface area contributed by atoms with Gasteiger partial charge in [-0.05, 0) is 26.0 Å². The number of hydrogen-bond donors (Lipinski definition) is 1. The molecule has 1 rings (SSSR count). The Balaban J connectivity index is 2.64. The molecule has 4 heteroatoms. The van der Waals surface area contributed by atoms with Gasteiger partial charge in [0.15, 0.2) is 0 Å². The van der Waals surface area contributed by atoms with Crippen LogP contribution in [-0.2, 0) is 12.2 Å². The third kappa shape index (κ3) is 4.49. The van der Waals surface area contributed by atoms with Gasteiger partial charge in [-0.2, -0.15) is 11.8 Å². The van der Waals surface area contributed by atoms with Gasteiger partial charge in [0.1, 0.15) is 5.82 Å². The fraction of sp³-hybridized carbons (Fsp3) is 0.667. The second kappa shape index (κ2) is 6.86. The van der Waals surface area contributed by atoms with Crippen LogP contribution in [0.15, 0.2) is 6.07 Å². The van der Waals surface area contributed by atoms with Gasteiger partial charge >= 0.3 is 0 Å². The van der Waals surface area contributed by atoms with Crippen molar-refractivity contribution >= 4 is 11.8 Å². The Bertz CT molecular complexity index is 328. The van der Waals surface area contributed by atoms with Crippen LogP contribution >= 0.6 is 11.8 Å². The van der Waals surface area contributed by atoms with Gasteiger partial charge in [-0.15, -0.1) is 0 Å². The lowest BCUT2D eigenvalue weighted by molar-refractivity contribution is 0.865. The maximum atomic E-state index is 5.54. The number of rotatable bonds is 6. The highest BCUT2D eigenvalue weighted by Gasteiger charge is 2.05. The number of thioether (sulfide) groups is 1. The first-order valence-corrected chi connectivity index (χ1v) is 6.85. The van der Waals surface area contributed by atoms with Gasteiger partial charge in [-0.1, -0.05) is 13.8 Å². The van der Waals surface area contributed by atoms with Crippen molar-refractivity contribution in [3.05, 3.63) is 23.3 Å². The van der Waals surface area contributed by atoms with Gasteiger partial charge in [0.05, 0.1) is 5.75 Å². The molecule has 1 unspecified atom stereocenters. The van der Waals surface area contributed by atoms with Crippen molar-refractivity contribution in [2.45, 2.75) is 44.6 Å². The van der Waals surface area contributed by atoms with Gasteiger partial charge in [-0.25, -0.2) is 9.97 Å². The number of nitrogens with zero attached hydrogens (tertiary/aromatic N) is 2. The Morgan fingerprint density at radius 2 is 2.19 bits per heavy atom. The average Bonchev–Trinajstić information content (AvgIpc) is 2.25. The van der Waals surface area contributed by atoms with E-state index in [1.165, 1.54) is 6.42 Å². The fourth-order valence-corrected chi connectivity index (χ4v) is 2.17. The van der Waals surface area contributed by atoms with Crippen molar-refractivity contribution in [1.82, 2.24) is 9.97 Å². The third-order valence-corrected chi connectivity index (χ3v) is 3.75. The van der Waals surface area contributed by atoms with Crippen LogP contribution in [0.3, 0.4) is 0 Å². The van der Waals surface area contributed by atoms with Crippen LogP contribution in [0.1, 0.15) is 37.5 Å². The first-order valence-electron chi connectivity index (χ1n) is 5.80. The number of nitrogens with two attached hydrogens (primary N) is 1. The second-order valence-corrected chi connectivity index (χ2v) is 5.41. The summed E-state index contributed by atoms with van der Waals surface area (Å²) in [4.78, 5) is 8.97. The molecule has 1 aromatic rings. The van der Waals surface area contributed by atoms with Crippen LogP contribution in [0.2, 0.25) is 0 Å². The van der Waals surface area contributed by atoms with Crippen molar-refractivity contribution in [2.75, 3.05) is 6.54 Å². The van der Waals surface area contributed by atoms with E-state index in [1.807, 2.05) is 24.8 Å². The molecule has 0 aliphatic carbocycles. The SMILES string of the molecule is CCC(C)SCc1nc(C)cc(CCN)n1. The first kappa shape index (κ1) is 13.5. The minimum Gasteiger partial charge on any atom is -0.330 e. The molecule has 0 amide bonds. The molecule has 2 N–H and O–H groups in total. The van der Waals surface area contributed by atoms with E-state index in [1.54, 1.807) is 0 Å². The highest BCUT2D eigenvalue weighted by atomic mass is 32.2. The lowest BCUT2D eigenvalue weighted by atomic mass is 10.2. The molecular weight excluding hydrogens is 218 g/mol. The van der Waals surface area contributed by atoms with Crippen molar-refractivity contribution in [2.24, 2.45) is 5.73 Å². The maximum absolute atomic E-state index is 5.54. The van der Waals surface area contributed by atoms with Crippen LogP contribution in [0.4, 0.5) is 0 Å². The molecule has 0 aromatic carbocycles.